The molecule has 0 aliphatic heterocycles. The molecule has 1 amide bonds. The molecule has 86 valence electrons. The first-order chi connectivity index (χ1) is 8.34. The standard InChI is InChI=1S/C11H10N4OS/c16-10(3-2-9-4-7-17-8-9)14-15-11-12-5-1-6-13-11/h1-8H,(H,14,16)(H,12,13,15). The van der Waals surface area contributed by atoms with E-state index in [1.165, 1.54) is 6.08 Å². The largest absolute Gasteiger partial charge is 0.268 e. The van der Waals surface area contributed by atoms with E-state index in [0.717, 1.165) is 5.56 Å². The second kappa shape index (κ2) is 5.76. The lowest BCUT2D eigenvalue weighted by Gasteiger charge is -2.02. The maximum atomic E-state index is 11.4. The third-order valence-electron chi connectivity index (χ3n) is 1.83. The number of hydrogen-bond donors (Lipinski definition) is 2. The molecule has 0 unspecified atom stereocenters. The Balaban J connectivity index is 1.82. The first-order valence-electron chi connectivity index (χ1n) is 4.88. The van der Waals surface area contributed by atoms with Crippen molar-refractivity contribution in [3.63, 3.8) is 0 Å². The Morgan fingerprint density at radius 1 is 1.35 bits per heavy atom. The van der Waals surface area contributed by atoms with Gasteiger partial charge in [0.1, 0.15) is 0 Å². The van der Waals surface area contributed by atoms with Crippen molar-refractivity contribution in [3.8, 4) is 0 Å². The van der Waals surface area contributed by atoms with Crippen LogP contribution in [0.5, 0.6) is 0 Å². The highest BCUT2D eigenvalue weighted by Crippen LogP contribution is 2.07. The predicted molar refractivity (Wildman–Crippen MR) is 67.2 cm³/mol. The lowest BCUT2D eigenvalue weighted by atomic mass is 10.3. The van der Waals surface area contributed by atoms with Crippen LogP contribution < -0.4 is 10.9 Å². The fourth-order valence-electron chi connectivity index (χ4n) is 1.06. The first kappa shape index (κ1) is 11.3. The van der Waals surface area contributed by atoms with Gasteiger partial charge in [0.15, 0.2) is 0 Å². The van der Waals surface area contributed by atoms with E-state index in [0.29, 0.717) is 5.95 Å². The first-order valence-corrected chi connectivity index (χ1v) is 5.82. The molecule has 2 N–H and O–H groups in total. The van der Waals surface area contributed by atoms with E-state index in [1.807, 2.05) is 16.8 Å². The minimum atomic E-state index is -0.261. The van der Waals surface area contributed by atoms with Crippen LogP contribution >= 0.6 is 11.3 Å². The van der Waals surface area contributed by atoms with Gasteiger partial charge < -0.3 is 0 Å². The molecule has 2 rings (SSSR count). The Bertz CT molecular complexity index is 495. The SMILES string of the molecule is O=C(C=Cc1ccsc1)NNc1ncccn1. The molecule has 0 fully saturated rings. The van der Waals surface area contributed by atoms with Gasteiger partial charge >= 0.3 is 0 Å². The van der Waals surface area contributed by atoms with Crippen LogP contribution in [0.25, 0.3) is 6.08 Å². The van der Waals surface area contributed by atoms with Crippen LogP contribution in [0.1, 0.15) is 5.56 Å². The van der Waals surface area contributed by atoms with Gasteiger partial charge in [-0.25, -0.2) is 9.97 Å². The summed E-state index contributed by atoms with van der Waals surface area (Å²) >= 11 is 1.58. The molecule has 0 saturated carbocycles. The van der Waals surface area contributed by atoms with Crippen molar-refractivity contribution >= 4 is 29.3 Å². The van der Waals surface area contributed by atoms with Gasteiger partial charge in [-0.3, -0.25) is 15.6 Å². The molecule has 17 heavy (non-hydrogen) atoms. The van der Waals surface area contributed by atoms with Gasteiger partial charge in [0, 0.05) is 18.5 Å². The smallest absolute Gasteiger partial charge is 0.262 e. The summed E-state index contributed by atoms with van der Waals surface area (Å²) in [6.07, 6.45) is 6.35. The Kier molecular flexibility index (Phi) is 3.82. The molecule has 6 heteroatoms. The van der Waals surface area contributed by atoms with Gasteiger partial charge in [-0.2, -0.15) is 11.3 Å². The Labute approximate surface area is 102 Å². The zero-order valence-electron chi connectivity index (χ0n) is 8.83. The molecule has 0 radical (unpaired) electrons. The van der Waals surface area contributed by atoms with E-state index in [4.69, 9.17) is 0 Å². The number of hydrogen-bond acceptors (Lipinski definition) is 5. The maximum absolute atomic E-state index is 11.4. The molecular formula is C11H10N4OS. The molecule has 0 aliphatic carbocycles. The summed E-state index contributed by atoms with van der Waals surface area (Å²) in [6, 6.07) is 3.63. The van der Waals surface area contributed by atoms with Gasteiger partial charge in [0.25, 0.3) is 5.91 Å². The molecule has 0 spiro atoms. The molecule has 0 atom stereocenters. The summed E-state index contributed by atoms with van der Waals surface area (Å²) in [5.41, 5.74) is 6.07. The number of hydrazine groups is 1. The number of rotatable bonds is 4. The Morgan fingerprint density at radius 2 is 2.18 bits per heavy atom. The van der Waals surface area contributed by atoms with E-state index in [2.05, 4.69) is 20.8 Å². The third-order valence-corrected chi connectivity index (χ3v) is 2.54. The van der Waals surface area contributed by atoms with Crippen LogP contribution in [-0.2, 0) is 4.79 Å². The van der Waals surface area contributed by atoms with Crippen molar-refractivity contribution in [2.45, 2.75) is 0 Å². The lowest BCUT2D eigenvalue weighted by molar-refractivity contribution is -0.116. The number of aromatic nitrogens is 2. The number of nitrogens with zero attached hydrogens (tertiary/aromatic N) is 2. The van der Waals surface area contributed by atoms with Gasteiger partial charge in [0.05, 0.1) is 0 Å². The fraction of sp³-hybridized carbons (Fsp3) is 0. The second-order valence-corrected chi connectivity index (χ2v) is 3.86. The van der Waals surface area contributed by atoms with Crippen molar-refractivity contribution in [2.75, 3.05) is 5.43 Å². The van der Waals surface area contributed by atoms with Crippen molar-refractivity contribution in [1.29, 1.82) is 0 Å². The maximum Gasteiger partial charge on any atom is 0.262 e. The highest BCUT2D eigenvalue weighted by molar-refractivity contribution is 7.08. The van der Waals surface area contributed by atoms with Crippen molar-refractivity contribution in [1.82, 2.24) is 15.4 Å². The summed E-state index contributed by atoms with van der Waals surface area (Å²) in [6.45, 7) is 0. The number of nitrogens with one attached hydrogen (secondary N) is 2. The van der Waals surface area contributed by atoms with Gasteiger partial charge in [-0.05, 0) is 34.5 Å². The molecule has 0 aliphatic rings. The predicted octanol–water partition coefficient (Wildman–Crippen LogP) is 1.69. The van der Waals surface area contributed by atoms with Crippen LogP contribution in [0, 0.1) is 0 Å². The average molecular weight is 246 g/mol. The fourth-order valence-corrected chi connectivity index (χ4v) is 1.69. The van der Waals surface area contributed by atoms with Crippen molar-refractivity contribution < 1.29 is 4.79 Å². The summed E-state index contributed by atoms with van der Waals surface area (Å²) in [4.78, 5) is 19.2. The normalized spacial score (nSPS) is 10.4. The number of carbonyl (C=O) groups is 1. The zero-order chi connectivity index (χ0) is 11.9. The van der Waals surface area contributed by atoms with Crippen LogP contribution in [-0.4, -0.2) is 15.9 Å². The summed E-state index contributed by atoms with van der Waals surface area (Å²) in [7, 11) is 0. The minimum Gasteiger partial charge on any atom is -0.268 e. The number of thiophene rings is 1. The van der Waals surface area contributed by atoms with E-state index < -0.39 is 0 Å². The molecule has 2 aromatic rings. The van der Waals surface area contributed by atoms with Crippen molar-refractivity contribution in [2.24, 2.45) is 0 Å². The van der Waals surface area contributed by atoms with Crippen molar-refractivity contribution in [3.05, 3.63) is 46.9 Å². The quantitative estimate of drug-likeness (QED) is 0.636. The molecule has 0 aromatic carbocycles. The van der Waals surface area contributed by atoms with E-state index in [1.54, 1.807) is 35.9 Å². The highest BCUT2D eigenvalue weighted by Gasteiger charge is 1.96. The highest BCUT2D eigenvalue weighted by atomic mass is 32.1. The number of amides is 1. The molecular weight excluding hydrogens is 236 g/mol. The Hall–Kier alpha value is -2.21. The van der Waals surface area contributed by atoms with E-state index in [-0.39, 0.29) is 5.91 Å². The average Bonchev–Trinajstić information content (AvgIpc) is 2.88. The lowest BCUT2D eigenvalue weighted by Crippen LogP contribution is -2.28. The molecule has 0 saturated heterocycles. The van der Waals surface area contributed by atoms with Gasteiger partial charge in [0.2, 0.25) is 5.95 Å². The molecule has 2 aromatic heterocycles. The topological polar surface area (TPSA) is 66.9 Å². The van der Waals surface area contributed by atoms with Gasteiger partial charge in [-0.1, -0.05) is 0 Å². The molecule has 5 nitrogen and oxygen atoms in total. The zero-order valence-corrected chi connectivity index (χ0v) is 9.65. The summed E-state index contributed by atoms with van der Waals surface area (Å²) in [5, 5.41) is 3.91. The number of anilines is 1. The van der Waals surface area contributed by atoms with Crippen LogP contribution in [0.3, 0.4) is 0 Å². The minimum absolute atomic E-state index is 0.261. The number of carbonyl (C=O) groups excluding carboxylic acids is 1. The molecule has 0 bridgehead atoms. The summed E-state index contributed by atoms with van der Waals surface area (Å²) in [5.74, 6) is 0.0911. The van der Waals surface area contributed by atoms with Crippen LogP contribution in [0.4, 0.5) is 5.95 Å². The van der Waals surface area contributed by atoms with Crippen LogP contribution in [0.15, 0.2) is 41.4 Å². The third kappa shape index (κ3) is 3.69. The summed E-state index contributed by atoms with van der Waals surface area (Å²) < 4.78 is 0. The molecule has 2 heterocycles. The van der Waals surface area contributed by atoms with E-state index >= 15 is 0 Å². The van der Waals surface area contributed by atoms with Gasteiger partial charge in [-0.15, -0.1) is 0 Å². The second-order valence-electron chi connectivity index (χ2n) is 3.08. The Morgan fingerprint density at radius 3 is 2.88 bits per heavy atom. The monoisotopic (exact) mass is 246 g/mol. The van der Waals surface area contributed by atoms with E-state index in [9.17, 15) is 4.79 Å². The van der Waals surface area contributed by atoms with Crippen LogP contribution in [0.2, 0.25) is 0 Å².